The van der Waals surface area contributed by atoms with Crippen LogP contribution in [-0.4, -0.2) is 22.7 Å². The lowest BCUT2D eigenvalue weighted by molar-refractivity contribution is -0.118. The van der Waals surface area contributed by atoms with E-state index in [0.717, 1.165) is 16.9 Å². The Labute approximate surface area is 96.7 Å². The summed E-state index contributed by atoms with van der Waals surface area (Å²) in [6.45, 7) is 0.247. The zero-order chi connectivity index (χ0) is 11.8. The van der Waals surface area contributed by atoms with E-state index in [1.807, 2.05) is 12.1 Å². The zero-order valence-corrected chi connectivity index (χ0v) is 9.03. The monoisotopic (exact) mass is 233 g/mol. The Hall–Kier alpha value is -2.24. The minimum atomic E-state index is -0.334. The van der Waals surface area contributed by atoms with Crippen LogP contribution >= 0.6 is 0 Å². The van der Waals surface area contributed by atoms with Crippen molar-refractivity contribution in [1.29, 1.82) is 0 Å². The lowest BCUT2D eigenvalue weighted by Crippen LogP contribution is -2.11. The van der Waals surface area contributed by atoms with Crippen LogP contribution in [0.5, 0.6) is 11.5 Å². The van der Waals surface area contributed by atoms with Gasteiger partial charge in [0.15, 0.2) is 11.5 Å². The van der Waals surface area contributed by atoms with Crippen LogP contribution in [0.15, 0.2) is 12.1 Å². The van der Waals surface area contributed by atoms with E-state index in [2.05, 4.69) is 9.97 Å². The number of nitrogens with two attached hydrogens (primary N) is 1. The molecule has 0 unspecified atom stereocenters. The standard InChI is InChI=1S/C11H11N3O3/c12-10(15)1-2-11-13-6-3-8-9(17-5-16-8)4-7(6)14-11/h3-4H,1-2,5H2,(H2,12,15)(H,13,14). The van der Waals surface area contributed by atoms with Gasteiger partial charge in [-0.2, -0.15) is 0 Å². The smallest absolute Gasteiger partial charge is 0.231 e. The Morgan fingerprint density at radius 2 is 2.18 bits per heavy atom. The summed E-state index contributed by atoms with van der Waals surface area (Å²) in [5.41, 5.74) is 6.76. The third-order valence-corrected chi connectivity index (χ3v) is 2.63. The molecule has 0 fully saturated rings. The number of benzene rings is 1. The van der Waals surface area contributed by atoms with E-state index in [9.17, 15) is 4.79 Å². The number of amides is 1. The van der Waals surface area contributed by atoms with Gasteiger partial charge in [-0.05, 0) is 0 Å². The Morgan fingerprint density at radius 3 is 2.94 bits per heavy atom. The fraction of sp³-hybridized carbons (Fsp3) is 0.273. The fourth-order valence-electron chi connectivity index (χ4n) is 1.81. The zero-order valence-electron chi connectivity index (χ0n) is 9.03. The average molecular weight is 233 g/mol. The second-order valence-electron chi connectivity index (χ2n) is 3.87. The quantitative estimate of drug-likeness (QED) is 0.816. The Bertz CT molecular complexity index is 550. The highest BCUT2D eigenvalue weighted by molar-refractivity contribution is 5.80. The second kappa shape index (κ2) is 3.65. The third-order valence-electron chi connectivity index (χ3n) is 2.63. The van der Waals surface area contributed by atoms with E-state index < -0.39 is 0 Å². The largest absolute Gasteiger partial charge is 0.454 e. The third kappa shape index (κ3) is 1.77. The maximum atomic E-state index is 10.7. The Kier molecular flexibility index (Phi) is 2.14. The first kappa shape index (κ1) is 9.95. The van der Waals surface area contributed by atoms with Gasteiger partial charge in [0.05, 0.1) is 11.0 Å². The number of ether oxygens (including phenoxy) is 2. The number of primary amides is 1. The number of aryl methyl sites for hydroxylation is 1. The Balaban J connectivity index is 1.94. The maximum Gasteiger partial charge on any atom is 0.231 e. The number of hydrogen-bond acceptors (Lipinski definition) is 4. The summed E-state index contributed by atoms with van der Waals surface area (Å²) >= 11 is 0. The molecule has 2 aromatic rings. The summed E-state index contributed by atoms with van der Waals surface area (Å²) < 4.78 is 10.5. The van der Waals surface area contributed by atoms with Crippen LogP contribution in [0.1, 0.15) is 12.2 Å². The molecule has 0 spiro atoms. The van der Waals surface area contributed by atoms with Crippen molar-refractivity contribution in [3.63, 3.8) is 0 Å². The molecule has 0 bridgehead atoms. The molecule has 0 aliphatic carbocycles. The number of H-pyrrole nitrogens is 1. The normalized spacial score (nSPS) is 13.2. The van der Waals surface area contributed by atoms with Crippen molar-refractivity contribution in [3.8, 4) is 11.5 Å². The van der Waals surface area contributed by atoms with Crippen LogP contribution in [0.3, 0.4) is 0 Å². The van der Waals surface area contributed by atoms with Gasteiger partial charge in [0.25, 0.3) is 0 Å². The van der Waals surface area contributed by atoms with Crippen LogP contribution in [-0.2, 0) is 11.2 Å². The minimum absolute atomic E-state index is 0.247. The maximum absolute atomic E-state index is 10.7. The fourth-order valence-corrected chi connectivity index (χ4v) is 1.81. The predicted molar refractivity (Wildman–Crippen MR) is 59.7 cm³/mol. The van der Waals surface area contributed by atoms with Gasteiger partial charge < -0.3 is 20.2 Å². The highest BCUT2D eigenvalue weighted by Gasteiger charge is 2.16. The van der Waals surface area contributed by atoms with Gasteiger partial charge in [-0.3, -0.25) is 4.79 Å². The van der Waals surface area contributed by atoms with Crippen molar-refractivity contribution >= 4 is 16.9 Å². The summed E-state index contributed by atoms with van der Waals surface area (Å²) in [6, 6.07) is 3.67. The molecule has 6 heteroatoms. The molecule has 0 saturated heterocycles. The number of carbonyl (C=O) groups is 1. The van der Waals surface area contributed by atoms with Crippen LogP contribution in [0.4, 0.5) is 0 Å². The first-order valence-corrected chi connectivity index (χ1v) is 5.29. The van der Waals surface area contributed by atoms with E-state index in [-0.39, 0.29) is 19.1 Å². The summed E-state index contributed by atoms with van der Waals surface area (Å²) in [6.07, 6.45) is 0.795. The molecule has 3 N–H and O–H groups in total. The highest BCUT2D eigenvalue weighted by atomic mass is 16.7. The number of hydrogen-bond donors (Lipinski definition) is 2. The molecule has 88 valence electrons. The summed E-state index contributed by atoms with van der Waals surface area (Å²) in [7, 11) is 0. The molecule has 0 radical (unpaired) electrons. The van der Waals surface area contributed by atoms with Crippen LogP contribution < -0.4 is 15.2 Å². The van der Waals surface area contributed by atoms with Crippen LogP contribution in [0.25, 0.3) is 11.0 Å². The molecule has 17 heavy (non-hydrogen) atoms. The number of nitrogens with one attached hydrogen (secondary N) is 1. The first-order chi connectivity index (χ1) is 8.22. The van der Waals surface area contributed by atoms with Gasteiger partial charge in [-0.25, -0.2) is 4.98 Å². The van der Waals surface area contributed by atoms with Gasteiger partial charge >= 0.3 is 0 Å². The molecular weight excluding hydrogens is 222 g/mol. The van der Waals surface area contributed by atoms with Gasteiger partial charge in [0.1, 0.15) is 5.82 Å². The van der Waals surface area contributed by atoms with Gasteiger partial charge in [0, 0.05) is 25.0 Å². The number of aromatic amines is 1. The van der Waals surface area contributed by atoms with Gasteiger partial charge in [0.2, 0.25) is 12.7 Å². The van der Waals surface area contributed by atoms with Crippen molar-refractivity contribution in [2.45, 2.75) is 12.8 Å². The molecule has 1 aliphatic rings. The molecule has 6 nitrogen and oxygen atoms in total. The number of nitrogens with zero attached hydrogens (tertiary/aromatic N) is 1. The highest BCUT2D eigenvalue weighted by Crippen LogP contribution is 2.35. The number of aromatic nitrogens is 2. The van der Waals surface area contributed by atoms with E-state index in [1.54, 1.807) is 0 Å². The molecule has 1 aliphatic heterocycles. The predicted octanol–water partition coefficient (Wildman–Crippen LogP) is 0.709. The van der Waals surface area contributed by atoms with Crippen LogP contribution in [0, 0.1) is 0 Å². The van der Waals surface area contributed by atoms with E-state index in [1.165, 1.54) is 0 Å². The molecule has 2 heterocycles. The summed E-state index contributed by atoms with van der Waals surface area (Å²) in [5, 5.41) is 0. The lowest BCUT2D eigenvalue weighted by atomic mass is 10.3. The first-order valence-electron chi connectivity index (χ1n) is 5.29. The van der Waals surface area contributed by atoms with E-state index in [4.69, 9.17) is 15.2 Å². The lowest BCUT2D eigenvalue weighted by Gasteiger charge is -1.93. The second-order valence-corrected chi connectivity index (χ2v) is 3.87. The van der Waals surface area contributed by atoms with Crippen molar-refractivity contribution in [2.75, 3.05) is 6.79 Å². The summed E-state index contributed by atoms with van der Waals surface area (Å²) in [5.74, 6) is 1.81. The Morgan fingerprint density at radius 1 is 1.41 bits per heavy atom. The van der Waals surface area contributed by atoms with Crippen molar-refractivity contribution in [1.82, 2.24) is 9.97 Å². The van der Waals surface area contributed by atoms with E-state index >= 15 is 0 Å². The SMILES string of the molecule is NC(=O)CCc1nc2cc3c(cc2[nH]1)OCO3. The number of rotatable bonds is 3. The number of imidazole rings is 1. The minimum Gasteiger partial charge on any atom is -0.454 e. The molecule has 1 aromatic carbocycles. The number of fused-ring (bicyclic) bond motifs is 2. The topological polar surface area (TPSA) is 90.2 Å². The summed E-state index contributed by atoms with van der Waals surface area (Å²) in [4.78, 5) is 18.2. The van der Waals surface area contributed by atoms with Crippen molar-refractivity contribution < 1.29 is 14.3 Å². The molecule has 1 amide bonds. The van der Waals surface area contributed by atoms with Crippen molar-refractivity contribution in [3.05, 3.63) is 18.0 Å². The molecule has 0 atom stereocenters. The molecule has 0 saturated carbocycles. The van der Waals surface area contributed by atoms with Crippen molar-refractivity contribution in [2.24, 2.45) is 5.73 Å². The molecule has 3 rings (SSSR count). The van der Waals surface area contributed by atoms with Gasteiger partial charge in [-0.15, -0.1) is 0 Å². The number of carbonyl (C=O) groups excluding carboxylic acids is 1. The van der Waals surface area contributed by atoms with Crippen LogP contribution in [0.2, 0.25) is 0 Å². The molecular formula is C11H11N3O3. The molecule has 1 aromatic heterocycles. The van der Waals surface area contributed by atoms with E-state index in [0.29, 0.717) is 17.9 Å². The average Bonchev–Trinajstić information content (AvgIpc) is 2.87. The van der Waals surface area contributed by atoms with Gasteiger partial charge in [-0.1, -0.05) is 0 Å².